The molecule has 3 aromatic carbocycles. The van der Waals surface area contributed by atoms with E-state index in [2.05, 4.69) is 6.08 Å². The lowest BCUT2D eigenvalue weighted by Crippen LogP contribution is -2.19. The van der Waals surface area contributed by atoms with Crippen molar-refractivity contribution < 1.29 is 17.9 Å². The van der Waals surface area contributed by atoms with Crippen LogP contribution >= 0.6 is 0 Å². The van der Waals surface area contributed by atoms with Crippen LogP contribution in [-0.4, -0.2) is 6.61 Å². The highest BCUT2D eigenvalue weighted by Crippen LogP contribution is 2.34. The maximum Gasteiger partial charge on any atom is 0.166 e. The molecule has 0 N–H and O–H groups in total. The van der Waals surface area contributed by atoms with Gasteiger partial charge in [-0.15, -0.1) is 0 Å². The minimum Gasteiger partial charge on any atom is -0.373 e. The minimum atomic E-state index is -0.839. The van der Waals surface area contributed by atoms with Crippen LogP contribution in [0.4, 0.5) is 13.2 Å². The summed E-state index contributed by atoms with van der Waals surface area (Å²) >= 11 is 0. The van der Waals surface area contributed by atoms with Gasteiger partial charge in [0.25, 0.3) is 0 Å². The Balaban J connectivity index is 1.52. The predicted molar refractivity (Wildman–Crippen MR) is 127 cm³/mol. The molecule has 172 valence electrons. The highest BCUT2D eigenvalue weighted by Gasteiger charge is 2.22. The molecule has 4 heteroatoms. The average Bonchev–Trinajstić information content (AvgIpc) is 2.83. The molecular formula is C29H29F3O. The van der Waals surface area contributed by atoms with Crippen LogP contribution in [0.2, 0.25) is 0 Å². The number of hydrogen-bond donors (Lipinski definition) is 0. The molecule has 0 aliphatic carbocycles. The largest absolute Gasteiger partial charge is 0.373 e. The molecule has 1 aliphatic heterocycles. The lowest BCUT2D eigenvalue weighted by Gasteiger charge is -2.28. The van der Waals surface area contributed by atoms with E-state index in [1.165, 1.54) is 0 Å². The van der Waals surface area contributed by atoms with Crippen LogP contribution in [-0.2, 0) is 11.2 Å². The van der Waals surface area contributed by atoms with Crippen LogP contribution in [0.15, 0.2) is 66.7 Å². The average molecular weight is 451 g/mol. The maximum atomic E-state index is 15.0. The molecule has 3 aromatic rings. The first-order valence-electron chi connectivity index (χ1n) is 11.6. The van der Waals surface area contributed by atoms with Crippen molar-refractivity contribution in [3.63, 3.8) is 0 Å². The first kappa shape index (κ1) is 23.3. The maximum absolute atomic E-state index is 15.0. The van der Waals surface area contributed by atoms with Gasteiger partial charge in [0.2, 0.25) is 0 Å². The van der Waals surface area contributed by atoms with E-state index in [4.69, 9.17) is 4.74 Å². The second-order valence-corrected chi connectivity index (χ2v) is 8.65. The Bertz CT molecular complexity index is 1130. The Morgan fingerprint density at radius 3 is 2.18 bits per heavy atom. The smallest absolute Gasteiger partial charge is 0.166 e. The molecule has 0 radical (unpaired) electrons. The van der Waals surface area contributed by atoms with E-state index in [9.17, 15) is 13.2 Å². The van der Waals surface area contributed by atoms with Gasteiger partial charge >= 0.3 is 0 Å². The Kier molecular flexibility index (Phi) is 7.34. The molecule has 4 rings (SSSR count). The quantitative estimate of drug-likeness (QED) is 0.342. The minimum absolute atomic E-state index is 0.0917. The Morgan fingerprint density at radius 1 is 0.879 bits per heavy atom. The summed E-state index contributed by atoms with van der Waals surface area (Å²) in [7, 11) is 0. The summed E-state index contributed by atoms with van der Waals surface area (Å²) in [5.41, 5.74) is 3.15. The second kappa shape index (κ2) is 10.4. The molecule has 0 bridgehead atoms. The summed E-state index contributed by atoms with van der Waals surface area (Å²) in [6.07, 6.45) is 7.24. The molecule has 1 heterocycles. The fraction of sp³-hybridized carbons (Fsp3) is 0.310. The number of benzene rings is 3. The number of rotatable bonds is 6. The third kappa shape index (κ3) is 5.06. The molecular weight excluding hydrogens is 421 g/mol. The van der Waals surface area contributed by atoms with Gasteiger partial charge in [-0.3, -0.25) is 0 Å². The lowest BCUT2D eigenvalue weighted by atomic mass is 9.93. The topological polar surface area (TPSA) is 9.23 Å². The Morgan fingerprint density at radius 2 is 1.58 bits per heavy atom. The van der Waals surface area contributed by atoms with Gasteiger partial charge in [0.1, 0.15) is 5.82 Å². The molecule has 33 heavy (non-hydrogen) atoms. The van der Waals surface area contributed by atoms with E-state index < -0.39 is 11.6 Å². The fourth-order valence-electron chi connectivity index (χ4n) is 4.53. The Hall–Kier alpha value is -2.85. The number of allylic oxidation sites excluding steroid dienone is 1. The van der Waals surface area contributed by atoms with Crippen molar-refractivity contribution in [1.82, 2.24) is 0 Å². The van der Waals surface area contributed by atoms with Crippen molar-refractivity contribution in [1.29, 1.82) is 0 Å². The third-order valence-corrected chi connectivity index (χ3v) is 6.33. The molecule has 2 atom stereocenters. The zero-order valence-corrected chi connectivity index (χ0v) is 19.1. The van der Waals surface area contributed by atoms with Gasteiger partial charge in [-0.25, -0.2) is 13.2 Å². The zero-order valence-electron chi connectivity index (χ0n) is 19.1. The SMILES string of the molecule is CC=CC1CCC(c2ccc(-c3ccc(-c4ccc(CCC)c(F)c4F)cc3)c(F)c2)OC1. The molecule has 1 aliphatic rings. The van der Waals surface area contributed by atoms with Crippen molar-refractivity contribution in [3.8, 4) is 22.3 Å². The van der Waals surface area contributed by atoms with Crippen LogP contribution in [0.25, 0.3) is 22.3 Å². The van der Waals surface area contributed by atoms with Gasteiger partial charge in [-0.2, -0.15) is 0 Å². The van der Waals surface area contributed by atoms with Crippen LogP contribution in [0.5, 0.6) is 0 Å². The standard InChI is InChI=1S/C29H29F3O/c1-3-5-19-7-16-27(33-18-19)23-13-14-24(26(30)17-23)20-8-10-21(11-9-20)25-15-12-22(6-4-2)28(31)29(25)32/h3,5,8-15,17,19,27H,4,6-7,16,18H2,1-2H3. The highest BCUT2D eigenvalue weighted by molar-refractivity contribution is 5.71. The number of halogens is 3. The molecule has 0 amide bonds. The van der Waals surface area contributed by atoms with Crippen molar-refractivity contribution in [2.24, 2.45) is 5.92 Å². The summed E-state index contributed by atoms with van der Waals surface area (Å²) in [5.74, 6) is -1.52. The van der Waals surface area contributed by atoms with Gasteiger partial charge in [0.05, 0.1) is 12.7 Å². The van der Waals surface area contributed by atoms with E-state index in [1.54, 1.807) is 48.5 Å². The highest BCUT2D eigenvalue weighted by atomic mass is 19.2. The summed E-state index contributed by atoms with van der Waals surface area (Å²) in [4.78, 5) is 0. The van der Waals surface area contributed by atoms with E-state index in [1.807, 2.05) is 26.0 Å². The van der Waals surface area contributed by atoms with E-state index >= 15 is 0 Å². The van der Waals surface area contributed by atoms with E-state index in [-0.39, 0.29) is 17.5 Å². The molecule has 1 saturated heterocycles. The normalized spacial score (nSPS) is 18.7. The molecule has 1 fully saturated rings. The van der Waals surface area contributed by atoms with Gasteiger partial charge in [0.15, 0.2) is 11.6 Å². The molecule has 0 spiro atoms. The van der Waals surface area contributed by atoms with Crippen LogP contribution < -0.4 is 0 Å². The number of ether oxygens (including phenoxy) is 1. The first-order chi connectivity index (χ1) is 16.0. The van der Waals surface area contributed by atoms with Gasteiger partial charge < -0.3 is 4.74 Å². The molecule has 2 unspecified atom stereocenters. The molecule has 0 saturated carbocycles. The third-order valence-electron chi connectivity index (χ3n) is 6.33. The van der Waals surface area contributed by atoms with Crippen molar-refractivity contribution in [2.75, 3.05) is 6.61 Å². The van der Waals surface area contributed by atoms with Gasteiger partial charge in [-0.05, 0) is 54.5 Å². The second-order valence-electron chi connectivity index (χ2n) is 8.65. The molecule has 0 aromatic heterocycles. The van der Waals surface area contributed by atoms with Crippen LogP contribution in [0.3, 0.4) is 0 Å². The van der Waals surface area contributed by atoms with Crippen LogP contribution in [0.1, 0.15) is 50.3 Å². The van der Waals surface area contributed by atoms with Crippen molar-refractivity contribution >= 4 is 0 Å². The van der Waals surface area contributed by atoms with E-state index in [0.29, 0.717) is 41.2 Å². The first-order valence-corrected chi connectivity index (χ1v) is 11.6. The van der Waals surface area contributed by atoms with Crippen molar-refractivity contribution in [3.05, 3.63) is 95.3 Å². The predicted octanol–water partition coefficient (Wildman–Crippen LogP) is 8.43. The summed E-state index contributed by atoms with van der Waals surface area (Å²) in [5, 5.41) is 0. The van der Waals surface area contributed by atoms with E-state index in [0.717, 1.165) is 24.8 Å². The van der Waals surface area contributed by atoms with Gasteiger partial charge in [0, 0.05) is 17.0 Å². The lowest BCUT2D eigenvalue weighted by molar-refractivity contribution is -0.00538. The molecule has 1 nitrogen and oxygen atoms in total. The Labute approximate surface area is 193 Å². The monoisotopic (exact) mass is 450 g/mol. The summed E-state index contributed by atoms with van der Waals surface area (Å²) in [6.45, 7) is 4.58. The van der Waals surface area contributed by atoms with Crippen molar-refractivity contribution in [2.45, 2.75) is 45.6 Å². The zero-order chi connectivity index (χ0) is 23.4. The summed E-state index contributed by atoms with van der Waals surface area (Å²) < 4.78 is 49.9. The van der Waals surface area contributed by atoms with Crippen LogP contribution in [0, 0.1) is 23.4 Å². The number of hydrogen-bond acceptors (Lipinski definition) is 1. The number of aryl methyl sites for hydroxylation is 1. The van der Waals surface area contributed by atoms with Gasteiger partial charge in [-0.1, -0.05) is 74.0 Å². The summed E-state index contributed by atoms with van der Waals surface area (Å²) in [6, 6.07) is 15.3. The fourth-order valence-corrected chi connectivity index (χ4v) is 4.53.